The van der Waals surface area contributed by atoms with Crippen LogP contribution in [0, 0.1) is 11.3 Å². The van der Waals surface area contributed by atoms with Crippen LogP contribution in [0.4, 0.5) is 0 Å². The fourth-order valence-corrected chi connectivity index (χ4v) is 2.42. The molecule has 0 spiro atoms. The lowest BCUT2D eigenvalue weighted by atomic mass is 10.1. The first-order chi connectivity index (χ1) is 8.19. The summed E-state index contributed by atoms with van der Waals surface area (Å²) in [6.45, 7) is 3.70. The lowest BCUT2D eigenvalue weighted by Gasteiger charge is -2.16. The third kappa shape index (κ3) is 1.95. The van der Waals surface area contributed by atoms with Gasteiger partial charge in [0.2, 0.25) is 0 Å². The highest BCUT2D eigenvalue weighted by molar-refractivity contribution is 5.76. The Labute approximate surface area is 101 Å². The van der Waals surface area contributed by atoms with Crippen LogP contribution >= 0.6 is 0 Å². The van der Waals surface area contributed by atoms with Crippen molar-refractivity contribution in [1.29, 1.82) is 0 Å². The Balaban J connectivity index is 1.83. The van der Waals surface area contributed by atoms with Crippen LogP contribution in [0.5, 0.6) is 0 Å². The van der Waals surface area contributed by atoms with Gasteiger partial charge in [-0.2, -0.15) is 0 Å². The molecule has 1 fully saturated rings. The zero-order valence-electron chi connectivity index (χ0n) is 9.94. The van der Waals surface area contributed by atoms with Crippen LogP contribution in [0.3, 0.4) is 0 Å². The molecule has 1 saturated carbocycles. The van der Waals surface area contributed by atoms with Crippen molar-refractivity contribution in [3.63, 3.8) is 0 Å². The Morgan fingerprint density at radius 2 is 1.94 bits per heavy atom. The summed E-state index contributed by atoms with van der Waals surface area (Å²) < 4.78 is 11.1. The number of hydrogen-bond acceptors (Lipinski definition) is 3. The van der Waals surface area contributed by atoms with Crippen LogP contribution < -0.4 is 0 Å². The highest BCUT2D eigenvalue weighted by Gasteiger charge is 2.55. The van der Waals surface area contributed by atoms with Crippen molar-refractivity contribution in [2.45, 2.75) is 26.6 Å². The van der Waals surface area contributed by atoms with Gasteiger partial charge in [-0.3, -0.25) is 4.79 Å². The van der Waals surface area contributed by atoms with E-state index < -0.39 is 0 Å². The van der Waals surface area contributed by atoms with Crippen molar-refractivity contribution in [1.82, 2.24) is 0 Å². The van der Waals surface area contributed by atoms with Crippen LogP contribution in [-0.2, 0) is 27.5 Å². The lowest BCUT2D eigenvalue weighted by Crippen LogP contribution is -2.18. The normalized spacial score (nSPS) is 32.1. The molecule has 0 aromatic heterocycles. The number of ether oxygens (including phenoxy) is 2. The maximum absolute atomic E-state index is 11.8. The van der Waals surface area contributed by atoms with E-state index in [2.05, 4.69) is 6.92 Å². The summed E-state index contributed by atoms with van der Waals surface area (Å²) in [4.78, 5) is 11.8. The Hall–Kier alpha value is -1.35. The summed E-state index contributed by atoms with van der Waals surface area (Å²) >= 11 is 0. The average Bonchev–Trinajstić information content (AvgIpc) is 3.00. The molecule has 0 saturated heterocycles. The predicted molar refractivity (Wildman–Crippen MR) is 62.1 cm³/mol. The van der Waals surface area contributed by atoms with E-state index in [1.807, 2.05) is 24.3 Å². The Kier molecular flexibility index (Phi) is 2.44. The second kappa shape index (κ2) is 3.84. The number of rotatable bonds is 0. The molecule has 0 radical (unpaired) electrons. The first-order valence-corrected chi connectivity index (χ1v) is 6.00. The summed E-state index contributed by atoms with van der Waals surface area (Å²) in [6.07, 6.45) is 0.891. The van der Waals surface area contributed by atoms with Gasteiger partial charge in [0.25, 0.3) is 0 Å². The van der Waals surface area contributed by atoms with E-state index in [0.717, 1.165) is 17.5 Å². The van der Waals surface area contributed by atoms with Gasteiger partial charge in [-0.15, -0.1) is 0 Å². The second-order valence-electron chi connectivity index (χ2n) is 5.28. The van der Waals surface area contributed by atoms with E-state index in [1.165, 1.54) is 0 Å². The molecule has 2 unspecified atom stereocenters. The van der Waals surface area contributed by atoms with Gasteiger partial charge in [0.15, 0.2) is 0 Å². The zero-order valence-corrected chi connectivity index (χ0v) is 9.94. The number of hydrogen-bond donors (Lipinski definition) is 0. The van der Waals surface area contributed by atoms with Crippen molar-refractivity contribution in [2.75, 3.05) is 6.61 Å². The number of esters is 1. The molecule has 3 heteroatoms. The molecule has 2 atom stereocenters. The van der Waals surface area contributed by atoms with Gasteiger partial charge in [0.05, 0.1) is 19.1 Å². The minimum Gasteiger partial charge on any atom is -0.461 e. The van der Waals surface area contributed by atoms with Gasteiger partial charge in [-0.1, -0.05) is 31.2 Å². The molecule has 0 bridgehead atoms. The highest BCUT2D eigenvalue weighted by atomic mass is 16.5. The largest absolute Gasteiger partial charge is 0.461 e. The van der Waals surface area contributed by atoms with Crippen molar-refractivity contribution >= 4 is 5.97 Å². The van der Waals surface area contributed by atoms with Gasteiger partial charge >= 0.3 is 5.97 Å². The maximum Gasteiger partial charge on any atom is 0.309 e. The van der Waals surface area contributed by atoms with E-state index in [1.54, 1.807) is 0 Å². The summed E-state index contributed by atoms with van der Waals surface area (Å²) in [7, 11) is 0. The summed E-state index contributed by atoms with van der Waals surface area (Å²) in [5.74, 6) is -0.0411. The standard InChI is InChI=1S/C14H16O3/c1-14-6-12(14)13(15)17-8-11-5-3-2-4-10(11)7-16-9-14/h2-5,12H,6-9H2,1H3. The Morgan fingerprint density at radius 3 is 2.71 bits per heavy atom. The molecule has 90 valence electrons. The fourth-order valence-electron chi connectivity index (χ4n) is 2.42. The van der Waals surface area contributed by atoms with Crippen molar-refractivity contribution in [2.24, 2.45) is 11.3 Å². The smallest absolute Gasteiger partial charge is 0.309 e. The van der Waals surface area contributed by atoms with E-state index in [-0.39, 0.29) is 17.3 Å². The third-order valence-electron chi connectivity index (χ3n) is 3.81. The van der Waals surface area contributed by atoms with Crippen LogP contribution in [-0.4, -0.2) is 12.6 Å². The quantitative estimate of drug-likeness (QED) is 0.644. The van der Waals surface area contributed by atoms with E-state index in [0.29, 0.717) is 19.8 Å². The first-order valence-electron chi connectivity index (χ1n) is 6.00. The Bertz CT molecular complexity index is 455. The molecule has 17 heavy (non-hydrogen) atoms. The van der Waals surface area contributed by atoms with Gasteiger partial charge in [0, 0.05) is 5.41 Å². The molecule has 1 heterocycles. The molecule has 0 amide bonds. The first kappa shape index (κ1) is 10.8. The fraction of sp³-hybridized carbons (Fsp3) is 0.500. The minimum absolute atomic E-state index is 0.00334. The highest BCUT2D eigenvalue weighted by Crippen LogP contribution is 2.53. The van der Waals surface area contributed by atoms with Gasteiger partial charge in [-0.05, 0) is 17.5 Å². The maximum atomic E-state index is 11.8. The van der Waals surface area contributed by atoms with Crippen LogP contribution in [0.2, 0.25) is 0 Å². The van der Waals surface area contributed by atoms with E-state index in [9.17, 15) is 4.79 Å². The molecule has 1 aromatic carbocycles. The molecule has 0 N–H and O–H groups in total. The van der Waals surface area contributed by atoms with Gasteiger partial charge in [-0.25, -0.2) is 0 Å². The molecular weight excluding hydrogens is 216 g/mol. The topological polar surface area (TPSA) is 35.5 Å². The second-order valence-corrected chi connectivity index (χ2v) is 5.28. The summed E-state index contributed by atoms with van der Waals surface area (Å²) in [5, 5.41) is 0. The molecule has 2 aliphatic rings. The molecule has 1 aromatic rings. The third-order valence-corrected chi connectivity index (χ3v) is 3.81. The van der Waals surface area contributed by atoms with Crippen LogP contribution in [0.15, 0.2) is 24.3 Å². The lowest BCUT2D eigenvalue weighted by molar-refractivity contribution is -0.148. The van der Waals surface area contributed by atoms with Crippen LogP contribution in [0.25, 0.3) is 0 Å². The summed E-state index contributed by atoms with van der Waals surface area (Å²) in [6, 6.07) is 7.95. The molecule has 1 aliphatic heterocycles. The van der Waals surface area contributed by atoms with Crippen molar-refractivity contribution in [3.8, 4) is 0 Å². The molecule has 3 nitrogen and oxygen atoms in total. The van der Waals surface area contributed by atoms with Crippen molar-refractivity contribution in [3.05, 3.63) is 35.4 Å². The van der Waals surface area contributed by atoms with Crippen molar-refractivity contribution < 1.29 is 14.3 Å². The molecule has 3 rings (SSSR count). The Morgan fingerprint density at radius 1 is 1.24 bits per heavy atom. The van der Waals surface area contributed by atoms with E-state index >= 15 is 0 Å². The molecule has 1 aliphatic carbocycles. The predicted octanol–water partition coefficient (Wildman–Crippen LogP) is 2.29. The summed E-state index contributed by atoms with van der Waals surface area (Å²) in [5.41, 5.74) is 2.16. The average molecular weight is 232 g/mol. The monoisotopic (exact) mass is 232 g/mol. The molecular formula is C14H16O3. The van der Waals surface area contributed by atoms with E-state index in [4.69, 9.17) is 9.47 Å². The van der Waals surface area contributed by atoms with Gasteiger partial charge in [0.1, 0.15) is 6.61 Å². The number of carbonyl (C=O) groups is 1. The number of benzene rings is 1. The zero-order chi connectivity index (χ0) is 11.9. The van der Waals surface area contributed by atoms with Crippen LogP contribution in [0.1, 0.15) is 24.5 Å². The minimum atomic E-state index is -0.0761. The number of carbonyl (C=O) groups excluding carboxylic acids is 1. The number of cyclic esters (lactones) is 1. The van der Waals surface area contributed by atoms with Gasteiger partial charge < -0.3 is 9.47 Å². The number of fused-ring (bicyclic) bond motifs is 2. The SMILES string of the molecule is CC12COCc3ccccc3COC(=O)C1C2.